The van der Waals surface area contributed by atoms with Crippen molar-refractivity contribution in [3.8, 4) is 0 Å². The predicted molar refractivity (Wildman–Crippen MR) is 87.6 cm³/mol. The van der Waals surface area contributed by atoms with Crippen LogP contribution in [0.15, 0.2) is 30.3 Å². The van der Waals surface area contributed by atoms with Gasteiger partial charge in [0.2, 0.25) is 0 Å². The van der Waals surface area contributed by atoms with E-state index in [1.165, 1.54) is 14.7 Å². The minimum absolute atomic E-state index is 0.156. The Hall–Kier alpha value is -2.57. The van der Waals surface area contributed by atoms with Gasteiger partial charge < -0.3 is 14.5 Å². The van der Waals surface area contributed by atoms with Crippen LogP contribution in [0, 0.1) is 0 Å². The first-order valence-electron chi connectivity index (χ1n) is 7.95. The van der Waals surface area contributed by atoms with Crippen LogP contribution in [0.4, 0.5) is 15.3 Å². The van der Waals surface area contributed by atoms with Crippen LogP contribution < -0.4 is 4.90 Å². The molecule has 0 spiro atoms. The van der Waals surface area contributed by atoms with E-state index in [2.05, 4.69) is 0 Å². The number of benzene rings is 1. The number of carbonyl (C=O) groups excluding carboxylic acids is 3. The second-order valence-corrected chi connectivity index (χ2v) is 6.93. The number of hydrogen-bond donors (Lipinski definition) is 0. The third-order valence-corrected chi connectivity index (χ3v) is 3.99. The number of fused-ring (bicyclic) bond motifs is 1. The molecule has 0 bridgehead atoms. The van der Waals surface area contributed by atoms with Crippen molar-refractivity contribution >= 4 is 23.7 Å². The van der Waals surface area contributed by atoms with Crippen molar-refractivity contribution in [3.05, 3.63) is 30.3 Å². The van der Waals surface area contributed by atoms with E-state index in [-0.39, 0.29) is 18.5 Å². The molecule has 0 N–H and O–H groups in total. The van der Waals surface area contributed by atoms with E-state index in [4.69, 9.17) is 4.74 Å². The fourth-order valence-electron chi connectivity index (χ4n) is 2.90. The van der Waals surface area contributed by atoms with Gasteiger partial charge in [0.25, 0.3) is 5.91 Å². The van der Waals surface area contributed by atoms with Crippen molar-refractivity contribution < 1.29 is 19.1 Å². The van der Waals surface area contributed by atoms with Gasteiger partial charge in [0.1, 0.15) is 11.6 Å². The number of ether oxygens (including phenoxy) is 1. The molecular weight excluding hydrogens is 310 g/mol. The van der Waals surface area contributed by atoms with E-state index < -0.39 is 17.7 Å². The highest BCUT2D eigenvalue weighted by molar-refractivity contribution is 6.21. The Balaban J connectivity index is 1.77. The van der Waals surface area contributed by atoms with Gasteiger partial charge in [-0.15, -0.1) is 0 Å². The summed E-state index contributed by atoms with van der Waals surface area (Å²) in [6.45, 7) is 6.21. The number of nitrogens with zero attached hydrogens (tertiary/aromatic N) is 3. The molecule has 0 radical (unpaired) electrons. The molecule has 2 saturated heterocycles. The van der Waals surface area contributed by atoms with Crippen LogP contribution in [0.2, 0.25) is 0 Å². The number of amides is 4. The first-order valence-corrected chi connectivity index (χ1v) is 7.95. The van der Waals surface area contributed by atoms with Gasteiger partial charge in [0, 0.05) is 13.1 Å². The van der Waals surface area contributed by atoms with Crippen molar-refractivity contribution in [2.75, 3.05) is 24.5 Å². The van der Waals surface area contributed by atoms with Gasteiger partial charge in [0.05, 0.1) is 12.2 Å². The van der Waals surface area contributed by atoms with E-state index in [0.717, 1.165) is 0 Å². The number of rotatable bonds is 1. The maximum absolute atomic E-state index is 12.7. The summed E-state index contributed by atoms with van der Waals surface area (Å²) < 4.78 is 5.36. The van der Waals surface area contributed by atoms with Gasteiger partial charge in [-0.05, 0) is 32.9 Å². The predicted octanol–water partition coefficient (Wildman–Crippen LogP) is 2.07. The molecular formula is C17H21N3O4. The number of imide groups is 1. The average molecular weight is 331 g/mol. The second kappa shape index (κ2) is 5.81. The van der Waals surface area contributed by atoms with Gasteiger partial charge in [0.15, 0.2) is 0 Å². The maximum atomic E-state index is 12.7. The number of hydrogen-bond acceptors (Lipinski definition) is 4. The van der Waals surface area contributed by atoms with Crippen LogP contribution in [0.1, 0.15) is 20.8 Å². The molecule has 7 heteroatoms. The SMILES string of the molecule is CC(C)(C)OC(=O)N1CCN2C(=O)N(c3ccccc3)C(=O)[C@@H]2C1. The first-order chi connectivity index (χ1) is 11.3. The maximum Gasteiger partial charge on any atom is 0.410 e. The largest absolute Gasteiger partial charge is 0.444 e. The Labute approximate surface area is 140 Å². The zero-order valence-electron chi connectivity index (χ0n) is 14.1. The molecule has 0 unspecified atom stereocenters. The fourth-order valence-corrected chi connectivity index (χ4v) is 2.90. The van der Waals surface area contributed by atoms with Crippen molar-refractivity contribution in [3.63, 3.8) is 0 Å². The molecule has 2 aliphatic heterocycles. The van der Waals surface area contributed by atoms with Crippen molar-refractivity contribution in [1.29, 1.82) is 0 Å². The molecule has 1 atom stereocenters. The summed E-state index contributed by atoms with van der Waals surface area (Å²) in [7, 11) is 0. The molecule has 1 aromatic carbocycles. The monoisotopic (exact) mass is 331 g/mol. The summed E-state index contributed by atoms with van der Waals surface area (Å²) in [6, 6.07) is 7.84. The molecule has 2 heterocycles. The Morgan fingerprint density at radius 1 is 1.12 bits per heavy atom. The summed E-state index contributed by atoms with van der Waals surface area (Å²) in [5.74, 6) is -0.306. The lowest BCUT2D eigenvalue weighted by Crippen LogP contribution is -2.55. The quantitative estimate of drug-likeness (QED) is 0.739. The highest BCUT2D eigenvalue weighted by Gasteiger charge is 2.49. The van der Waals surface area contributed by atoms with Gasteiger partial charge in [-0.1, -0.05) is 18.2 Å². The van der Waals surface area contributed by atoms with Crippen LogP contribution in [0.25, 0.3) is 0 Å². The van der Waals surface area contributed by atoms with Crippen LogP contribution in [0.3, 0.4) is 0 Å². The zero-order valence-corrected chi connectivity index (χ0v) is 14.1. The minimum Gasteiger partial charge on any atom is -0.444 e. The average Bonchev–Trinajstić information content (AvgIpc) is 2.77. The molecule has 3 rings (SSSR count). The number of carbonyl (C=O) groups is 3. The molecule has 4 amide bonds. The van der Waals surface area contributed by atoms with Crippen molar-refractivity contribution in [2.45, 2.75) is 32.4 Å². The third kappa shape index (κ3) is 2.93. The fraction of sp³-hybridized carbons (Fsp3) is 0.471. The number of piperazine rings is 1. The van der Waals surface area contributed by atoms with Gasteiger partial charge in [-0.2, -0.15) is 0 Å². The lowest BCUT2D eigenvalue weighted by atomic mass is 10.2. The van der Waals surface area contributed by atoms with Crippen LogP contribution in [-0.2, 0) is 9.53 Å². The van der Waals surface area contributed by atoms with E-state index in [1.807, 2.05) is 6.07 Å². The minimum atomic E-state index is -0.654. The molecule has 24 heavy (non-hydrogen) atoms. The molecule has 128 valence electrons. The van der Waals surface area contributed by atoms with E-state index in [1.54, 1.807) is 45.0 Å². The van der Waals surface area contributed by atoms with E-state index in [0.29, 0.717) is 18.8 Å². The standard InChI is InChI=1S/C17H21N3O4/c1-17(2,3)24-16(23)18-9-10-19-13(11-18)14(21)20(15(19)22)12-7-5-4-6-8-12/h4-8,13H,9-11H2,1-3H3/t13-/m0/s1. The highest BCUT2D eigenvalue weighted by atomic mass is 16.6. The molecule has 0 saturated carbocycles. The lowest BCUT2D eigenvalue weighted by molar-refractivity contribution is -0.120. The summed E-state index contributed by atoms with van der Waals surface area (Å²) in [4.78, 5) is 41.7. The van der Waals surface area contributed by atoms with Gasteiger partial charge in [-0.3, -0.25) is 4.79 Å². The normalized spacial score (nSPS) is 21.1. The Morgan fingerprint density at radius 2 is 1.79 bits per heavy atom. The molecule has 2 fully saturated rings. The Kier molecular flexibility index (Phi) is 3.95. The van der Waals surface area contributed by atoms with Crippen molar-refractivity contribution in [2.24, 2.45) is 0 Å². The Morgan fingerprint density at radius 3 is 2.42 bits per heavy atom. The molecule has 0 aliphatic carbocycles. The Bertz CT molecular complexity index is 668. The molecule has 7 nitrogen and oxygen atoms in total. The summed E-state index contributed by atoms with van der Waals surface area (Å²) in [6.07, 6.45) is -0.458. The smallest absolute Gasteiger partial charge is 0.410 e. The summed E-state index contributed by atoms with van der Waals surface area (Å²) >= 11 is 0. The van der Waals surface area contributed by atoms with Gasteiger partial charge in [-0.25, -0.2) is 14.5 Å². The van der Waals surface area contributed by atoms with Crippen molar-refractivity contribution in [1.82, 2.24) is 9.80 Å². The zero-order chi connectivity index (χ0) is 17.5. The topological polar surface area (TPSA) is 70.2 Å². The summed E-state index contributed by atoms with van der Waals surface area (Å²) in [5, 5.41) is 0. The molecule has 0 aromatic heterocycles. The molecule has 2 aliphatic rings. The van der Waals surface area contributed by atoms with E-state index in [9.17, 15) is 14.4 Å². The van der Waals surface area contributed by atoms with Gasteiger partial charge >= 0.3 is 12.1 Å². The van der Waals surface area contributed by atoms with Crippen LogP contribution >= 0.6 is 0 Å². The summed E-state index contributed by atoms with van der Waals surface area (Å²) in [5.41, 5.74) is -0.0505. The van der Waals surface area contributed by atoms with Crippen LogP contribution in [0.5, 0.6) is 0 Å². The van der Waals surface area contributed by atoms with E-state index >= 15 is 0 Å². The third-order valence-electron chi connectivity index (χ3n) is 3.99. The van der Waals surface area contributed by atoms with Crippen LogP contribution in [-0.4, -0.2) is 59.1 Å². The highest BCUT2D eigenvalue weighted by Crippen LogP contribution is 2.27. The first kappa shape index (κ1) is 16.3. The number of para-hydroxylation sites is 1. The number of anilines is 1. The lowest BCUT2D eigenvalue weighted by Gasteiger charge is -2.36. The second-order valence-electron chi connectivity index (χ2n) is 6.93. The molecule has 1 aromatic rings. The number of urea groups is 1.